The summed E-state index contributed by atoms with van der Waals surface area (Å²) in [5.74, 6) is -3.03. The number of phenols is 1. The molecule has 2 aromatic carbocycles. The van der Waals surface area contributed by atoms with E-state index >= 15 is 0 Å². The minimum atomic E-state index is -1.28. The molecule has 0 saturated heterocycles. The minimum absolute atomic E-state index is 0.0291. The van der Waals surface area contributed by atoms with Crippen LogP contribution < -0.4 is 27.4 Å². The van der Waals surface area contributed by atoms with Gasteiger partial charge in [0.25, 0.3) is 0 Å². The van der Waals surface area contributed by atoms with Gasteiger partial charge in [-0.25, -0.2) is 4.79 Å². The monoisotopic (exact) mass is 569 g/mol. The second-order valence-corrected chi connectivity index (χ2v) is 10.3. The molecule has 0 aromatic heterocycles. The predicted octanol–water partition coefficient (Wildman–Crippen LogP) is 1.22. The zero-order chi connectivity index (χ0) is 30.4. The Bertz CT molecular complexity index is 1130. The Morgan fingerprint density at radius 1 is 0.780 bits per heavy atom. The largest absolute Gasteiger partial charge is 0.508 e. The number of hydrogen-bond acceptors (Lipinski definition) is 7. The van der Waals surface area contributed by atoms with E-state index in [4.69, 9.17) is 11.5 Å². The van der Waals surface area contributed by atoms with E-state index in [2.05, 4.69) is 16.0 Å². The van der Waals surface area contributed by atoms with Crippen LogP contribution in [0.25, 0.3) is 0 Å². The highest BCUT2D eigenvalue weighted by Crippen LogP contribution is 2.13. The first-order chi connectivity index (χ1) is 19.5. The number of nitrogens with two attached hydrogens (primary N) is 2. The van der Waals surface area contributed by atoms with E-state index in [0.717, 1.165) is 5.56 Å². The number of benzene rings is 2. The third-order valence-corrected chi connectivity index (χ3v) is 7.05. The molecule has 41 heavy (non-hydrogen) atoms. The third kappa shape index (κ3) is 11.2. The summed E-state index contributed by atoms with van der Waals surface area (Å²) in [6.45, 7) is 4.19. The first kappa shape index (κ1) is 33.2. The molecule has 0 saturated carbocycles. The zero-order valence-electron chi connectivity index (χ0n) is 23.7. The standard InChI is InChI=1S/C30H43N5O6/c1-3-19(2)26(32)29(39)33-23(11-7-8-16-31)27(37)34-24(17-20-9-5-4-6-10-20)28(38)35-25(30(40)41)18-21-12-14-22(36)15-13-21/h4-6,9-10,12-15,19,23-26,36H,3,7-8,11,16-18,31-32H2,1-2H3,(H,33,39)(H,34,37)(H,35,38)(H,40,41). The van der Waals surface area contributed by atoms with Gasteiger partial charge in [0.2, 0.25) is 17.7 Å². The van der Waals surface area contributed by atoms with Gasteiger partial charge in [0.1, 0.15) is 23.9 Å². The highest BCUT2D eigenvalue weighted by molar-refractivity contribution is 5.94. The SMILES string of the molecule is CCC(C)C(N)C(=O)NC(CCCCN)C(=O)NC(Cc1ccccc1)C(=O)NC(Cc1ccc(O)cc1)C(=O)O. The van der Waals surface area contributed by atoms with Gasteiger partial charge in [-0.05, 0) is 55.0 Å². The van der Waals surface area contributed by atoms with Crippen LogP contribution in [-0.4, -0.2) is 64.6 Å². The van der Waals surface area contributed by atoms with Crippen molar-refractivity contribution in [3.8, 4) is 5.75 Å². The van der Waals surface area contributed by atoms with Crippen molar-refractivity contribution in [1.82, 2.24) is 16.0 Å². The molecule has 0 aliphatic heterocycles. The summed E-state index contributed by atoms with van der Waals surface area (Å²) in [5.41, 5.74) is 13.0. The number of carbonyl (C=O) groups excluding carboxylic acids is 3. The number of unbranched alkanes of at least 4 members (excludes halogenated alkanes) is 1. The van der Waals surface area contributed by atoms with Crippen LogP contribution in [0.1, 0.15) is 50.7 Å². The average molecular weight is 570 g/mol. The molecule has 0 fully saturated rings. The molecule has 0 aliphatic rings. The number of phenolic OH excluding ortho intramolecular Hbond substituents is 1. The van der Waals surface area contributed by atoms with Crippen LogP contribution in [-0.2, 0) is 32.0 Å². The first-order valence-corrected chi connectivity index (χ1v) is 14.0. The number of rotatable bonds is 17. The molecule has 0 spiro atoms. The van der Waals surface area contributed by atoms with Crippen LogP contribution in [0.15, 0.2) is 54.6 Å². The molecule has 0 aliphatic carbocycles. The van der Waals surface area contributed by atoms with E-state index in [0.29, 0.717) is 37.8 Å². The summed E-state index contributed by atoms with van der Waals surface area (Å²) in [7, 11) is 0. The third-order valence-electron chi connectivity index (χ3n) is 7.05. The van der Waals surface area contributed by atoms with Crippen molar-refractivity contribution in [2.24, 2.45) is 17.4 Å². The van der Waals surface area contributed by atoms with Gasteiger partial charge < -0.3 is 37.6 Å². The molecular formula is C30H43N5O6. The Kier molecular flexibility index (Phi) is 13.8. The Hall–Kier alpha value is -3.96. The highest BCUT2D eigenvalue weighted by Gasteiger charge is 2.31. The van der Waals surface area contributed by atoms with Crippen LogP contribution in [0.5, 0.6) is 5.75 Å². The fraction of sp³-hybridized carbons (Fsp3) is 0.467. The summed E-state index contributed by atoms with van der Waals surface area (Å²) in [6.07, 6.45) is 2.25. The number of aromatic hydroxyl groups is 1. The number of hydrogen-bond donors (Lipinski definition) is 7. The van der Waals surface area contributed by atoms with E-state index < -0.39 is 47.9 Å². The number of carboxylic acids is 1. The van der Waals surface area contributed by atoms with Gasteiger partial charge in [0, 0.05) is 12.8 Å². The molecule has 11 heteroatoms. The molecular weight excluding hydrogens is 526 g/mol. The minimum Gasteiger partial charge on any atom is -0.508 e. The summed E-state index contributed by atoms with van der Waals surface area (Å²) in [6, 6.07) is 10.8. The van der Waals surface area contributed by atoms with Crippen molar-refractivity contribution in [3.63, 3.8) is 0 Å². The number of aliphatic carboxylic acids is 1. The van der Waals surface area contributed by atoms with Gasteiger partial charge in [-0.15, -0.1) is 0 Å². The molecule has 0 bridgehead atoms. The summed E-state index contributed by atoms with van der Waals surface area (Å²) < 4.78 is 0. The molecule has 3 amide bonds. The lowest BCUT2D eigenvalue weighted by molar-refractivity contribution is -0.142. The van der Waals surface area contributed by atoms with Crippen LogP contribution in [0.4, 0.5) is 0 Å². The topological polar surface area (TPSA) is 197 Å². The molecule has 0 radical (unpaired) electrons. The first-order valence-electron chi connectivity index (χ1n) is 14.0. The van der Waals surface area contributed by atoms with Crippen molar-refractivity contribution in [2.75, 3.05) is 6.54 Å². The van der Waals surface area contributed by atoms with Gasteiger partial charge in [-0.1, -0.05) is 62.7 Å². The highest BCUT2D eigenvalue weighted by atomic mass is 16.4. The number of carbonyl (C=O) groups is 4. The maximum Gasteiger partial charge on any atom is 0.326 e. The zero-order valence-corrected chi connectivity index (χ0v) is 23.7. The van der Waals surface area contributed by atoms with Crippen molar-refractivity contribution < 1.29 is 29.4 Å². The summed E-state index contributed by atoms with van der Waals surface area (Å²) >= 11 is 0. The van der Waals surface area contributed by atoms with Gasteiger partial charge in [0.15, 0.2) is 0 Å². The number of amides is 3. The maximum atomic E-state index is 13.5. The van der Waals surface area contributed by atoms with Crippen LogP contribution in [0.3, 0.4) is 0 Å². The van der Waals surface area contributed by atoms with E-state index in [1.165, 1.54) is 12.1 Å². The predicted molar refractivity (Wildman–Crippen MR) is 156 cm³/mol. The fourth-order valence-electron chi connectivity index (χ4n) is 4.21. The van der Waals surface area contributed by atoms with Crippen molar-refractivity contribution >= 4 is 23.7 Å². The van der Waals surface area contributed by atoms with Crippen molar-refractivity contribution in [1.29, 1.82) is 0 Å². The lowest BCUT2D eigenvalue weighted by Crippen LogP contribution is -2.58. The number of nitrogens with one attached hydrogen (secondary N) is 3. The molecule has 11 nitrogen and oxygen atoms in total. The van der Waals surface area contributed by atoms with E-state index in [1.54, 1.807) is 36.4 Å². The molecule has 5 unspecified atom stereocenters. The molecule has 2 aromatic rings. The Morgan fingerprint density at radius 3 is 1.90 bits per heavy atom. The Morgan fingerprint density at radius 2 is 1.32 bits per heavy atom. The maximum absolute atomic E-state index is 13.5. The lowest BCUT2D eigenvalue weighted by Gasteiger charge is -2.26. The molecule has 9 N–H and O–H groups in total. The van der Waals surface area contributed by atoms with Crippen molar-refractivity contribution in [2.45, 2.75) is 76.5 Å². The second kappa shape index (κ2) is 17.0. The molecule has 5 atom stereocenters. The smallest absolute Gasteiger partial charge is 0.326 e. The fourth-order valence-corrected chi connectivity index (χ4v) is 4.21. The summed E-state index contributed by atoms with van der Waals surface area (Å²) in [5, 5.41) is 27.3. The lowest BCUT2D eigenvalue weighted by atomic mass is 9.98. The summed E-state index contributed by atoms with van der Waals surface area (Å²) in [4.78, 5) is 51.7. The van der Waals surface area contributed by atoms with E-state index in [1.807, 2.05) is 19.9 Å². The quantitative estimate of drug-likeness (QED) is 0.138. The van der Waals surface area contributed by atoms with Crippen LogP contribution in [0.2, 0.25) is 0 Å². The number of carboxylic acid groups (broad SMARTS) is 1. The van der Waals surface area contributed by atoms with Gasteiger partial charge >= 0.3 is 5.97 Å². The van der Waals surface area contributed by atoms with Gasteiger partial charge in [-0.3, -0.25) is 14.4 Å². The van der Waals surface area contributed by atoms with E-state index in [-0.39, 0.29) is 24.5 Å². The average Bonchev–Trinajstić information content (AvgIpc) is 2.96. The van der Waals surface area contributed by atoms with Crippen molar-refractivity contribution in [3.05, 3.63) is 65.7 Å². The molecule has 224 valence electrons. The van der Waals surface area contributed by atoms with Crippen LogP contribution in [0, 0.1) is 5.92 Å². The van der Waals surface area contributed by atoms with Crippen LogP contribution >= 0.6 is 0 Å². The molecule has 2 rings (SSSR count). The Balaban J connectivity index is 2.25. The van der Waals surface area contributed by atoms with Gasteiger partial charge in [-0.2, -0.15) is 0 Å². The second-order valence-electron chi connectivity index (χ2n) is 10.3. The van der Waals surface area contributed by atoms with Gasteiger partial charge in [0.05, 0.1) is 6.04 Å². The molecule has 0 heterocycles. The van der Waals surface area contributed by atoms with E-state index in [9.17, 15) is 29.4 Å². The normalized spacial score (nSPS) is 14.6. The Labute approximate surface area is 241 Å².